The van der Waals surface area contributed by atoms with Gasteiger partial charge in [0.15, 0.2) is 11.4 Å². The summed E-state index contributed by atoms with van der Waals surface area (Å²) in [5, 5.41) is 9.15. The summed E-state index contributed by atoms with van der Waals surface area (Å²) in [6.45, 7) is -0.149. The van der Waals surface area contributed by atoms with E-state index in [1.807, 2.05) is 0 Å². The van der Waals surface area contributed by atoms with E-state index in [1.54, 1.807) is 6.07 Å². The van der Waals surface area contributed by atoms with Crippen molar-refractivity contribution in [3.63, 3.8) is 0 Å². The Morgan fingerprint density at radius 1 is 0.941 bits per heavy atom. The molecule has 0 radical (unpaired) electrons. The molecule has 1 amide bonds. The Bertz CT molecular complexity index is 1290. The van der Waals surface area contributed by atoms with Crippen molar-refractivity contribution in [1.82, 2.24) is 25.3 Å². The van der Waals surface area contributed by atoms with Crippen LogP contribution in [0.15, 0.2) is 66.9 Å². The van der Waals surface area contributed by atoms with Crippen molar-refractivity contribution in [2.45, 2.75) is 12.7 Å². The first-order chi connectivity index (χ1) is 16.2. The van der Waals surface area contributed by atoms with Crippen molar-refractivity contribution in [1.29, 1.82) is 0 Å². The monoisotopic (exact) mass is 475 g/mol. The van der Waals surface area contributed by atoms with Crippen molar-refractivity contribution in [3.8, 4) is 17.3 Å². The molecule has 0 atom stereocenters. The molecule has 2 heterocycles. The fourth-order valence-corrected chi connectivity index (χ4v) is 2.92. The van der Waals surface area contributed by atoms with Gasteiger partial charge in [-0.25, -0.2) is 18.4 Å². The van der Waals surface area contributed by atoms with Gasteiger partial charge in [0.25, 0.3) is 5.91 Å². The molecule has 0 aliphatic rings. The second-order valence-corrected chi connectivity index (χ2v) is 6.92. The number of ether oxygens (including phenoxy) is 1. The molecule has 2 aromatic carbocycles. The molecule has 12 heteroatoms. The number of carbonyl (C=O) groups is 1. The molecule has 0 saturated heterocycles. The maximum Gasteiger partial charge on any atom is 0.435 e. The molecule has 0 saturated carbocycles. The van der Waals surface area contributed by atoms with E-state index in [2.05, 4.69) is 20.6 Å². The zero-order valence-corrected chi connectivity index (χ0v) is 17.1. The number of alkyl halides is 3. The Kier molecular flexibility index (Phi) is 6.21. The number of nitrogens with zero attached hydrogens (tertiary/aromatic N) is 4. The lowest BCUT2D eigenvalue weighted by atomic mass is 10.2. The summed E-state index contributed by atoms with van der Waals surface area (Å²) < 4.78 is 73.0. The van der Waals surface area contributed by atoms with E-state index in [1.165, 1.54) is 36.5 Å². The highest BCUT2D eigenvalue weighted by atomic mass is 19.4. The molecule has 34 heavy (non-hydrogen) atoms. The predicted octanol–water partition coefficient (Wildman–Crippen LogP) is 4.68. The molecule has 4 aromatic rings. The van der Waals surface area contributed by atoms with Crippen molar-refractivity contribution < 1.29 is 31.5 Å². The average molecular weight is 475 g/mol. The van der Waals surface area contributed by atoms with Gasteiger partial charge in [-0.15, -0.1) is 5.10 Å². The molecule has 1 N–H and O–H groups in total. The van der Waals surface area contributed by atoms with Gasteiger partial charge in [-0.05, 0) is 54.1 Å². The predicted molar refractivity (Wildman–Crippen MR) is 108 cm³/mol. The molecule has 0 aliphatic carbocycles. The number of benzene rings is 2. The van der Waals surface area contributed by atoms with Crippen molar-refractivity contribution in [2.24, 2.45) is 0 Å². The van der Waals surface area contributed by atoms with Crippen LogP contribution in [0.1, 0.15) is 21.7 Å². The van der Waals surface area contributed by atoms with Gasteiger partial charge in [-0.3, -0.25) is 4.79 Å². The van der Waals surface area contributed by atoms with Gasteiger partial charge in [0.2, 0.25) is 5.88 Å². The number of carbonyl (C=O) groups excluding carboxylic acids is 1. The summed E-state index contributed by atoms with van der Waals surface area (Å²) in [5.74, 6) is -1.61. The van der Waals surface area contributed by atoms with Crippen LogP contribution in [0.2, 0.25) is 0 Å². The van der Waals surface area contributed by atoms with Crippen LogP contribution >= 0.6 is 0 Å². The first kappa shape index (κ1) is 22.8. The third kappa shape index (κ3) is 5.17. The molecule has 174 valence electrons. The summed E-state index contributed by atoms with van der Waals surface area (Å²) in [6.07, 6.45) is -3.59. The summed E-state index contributed by atoms with van der Waals surface area (Å²) in [4.78, 5) is 16.5. The van der Waals surface area contributed by atoms with Gasteiger partial charge >= 0.3 is 6.18 Å². The summed E-state index contributed by atoms with van der Waals surface area (Å²) in [7, 11) is 0. The van der Waals surface area contributed by atoms with E-state index in [9.17, 15) is 26.7 Å². The SMILES string of the molecule is O=C(NCc1ccc(Oc2ccc(F)cc2)nc1)c1nnn(-c2ccc(F)cc2)c1C(F)(F)F. The number of hydrogen-bond acceptors (Lipinski definition) is 5. The highest BCUT2D eigenvalue weighted by Crippen LogP contribution is 2.32. The van der Waals surface area contributed by atoms with Crippen molar-refractivity contribution in [3.05, 3.63) is 95.4 Å². The molecular formula is C22H14F5N5O2. The second-order valence-electron chi connectivity index (χ2n) is 6.92. The number of pyridine rings is 1. The van der Waals surface area contributed by atoms with Crippen molar-refractivity contribution in [2.75, 3.05) is 0 Å². The highest BCUT2D eigenvalue weighted by molar-refractivity contribution is 5.93. The largest absolute Gasteiger partial charge is 0.439 e. The third-order valence-corrected chi connectivity index (χ3v) is 4.51. The Morgan fingerprint density at radius 3 is 2.18 bits per heavy atom. The molecule has 0 aliphatic heterocycles. The topological polar surface area (TPSA) is 81.9 Å². The fourth-order valence-electron chi connectivity index (χ4n) is 2.92. The first-order valence-corrected chi connectivity index (χ1v) is 9.66. The third-order valence-electron chi connectivity index (χ3n) is 4.51. The van der Waals surface area contributed by atoms with Crippen LogP contribution in [0.3, 0.4) is 0 Å². The van der Waals surface area contributed by atoms with Crippen LogP contribution in [0.4, 0.5) is 22.0 Å². The number of rotatable bonds is 6. The Morgan fingerprint density at radius 2 is 1.59 bits per heavy atom. The van der Waals surface area contributed by atoms with E-state index in [0.717, 1.165) is 24.3 Å². The highest BCUT2D eigenvalue weighted by Gasteiger charge is 2.42. The van der Waals surface area contributed by atoms with Crippen LogP contribution in [0, 0.1) is 11.6 Å². The minimum Gasteiger partial charge on any atom is -0.439 e. The van der Waals surface area contributed by atoms with E-state index in [-0.39, 0.29) is 18.1 Å². The molecular weight excluding hydrogens is 461 g/mol. The van der Waals surface area contributed by atoms with Gasteiger partial charge < -0.3 is 10.1 Å². The smallest absolute Gasteiger partial charge is 0.435 e. The van der Waals surface area contributed by atoms with E-state index in [4.69, 9.17) is 4.74 Å². The van der Waals surface area contributed by atoms with Gasteiger partial charge in [0.1, 0.15) is 17.4 Å². The summed E-state index contributed by atoms with van der Waals surface area (Å²) in [6, 6.07) is 12.4. The van der Waals surface area contributed by atoms with E-state index >= 15 is 0 Å². The average Bonchev–Trinajstić information content (AvgIpc) is 3.26. The standard InChI is InChI=1S/C22H14F5N5O2/c23-14-2-6-16(7-3-14)32-20(22(25,26)27)19(30-31-32)21(33)29-12-13-1-10-18(28-11-13)34-17-8-4-15(24)5-9-17/h1-11H,12H2,(H,29,33). The van der Waals surface area contributed by atoms with Crippen LogP contribution in [-0.4, -0.2) is 25.9 Å². The molecule has 0 fully saturated rings. The number of nitrogens with one attached hydrogen (secondary N) is 1. The zero-order valence-electron chi connectivity index (χ0n) is 17.1. The lowest BCUT2D eigenvalue weighted by molar-refractivity contribution is -0.143. The molecule has 7 nitrogen and oxygen atoms in total. The zero-order chi connectivity index (χ0) is 24.3. The van der Waals surface area contributed by atoms with Crippen LogP contribution in [0.25, 0.3) is 5.69 Å². The fraction of sp³-hybridized carbons (Fsp3) is 0.0909. The maximum atomic E-state index is 13.7. The number of amides is 1. The van der Waals surface area contributed by atoms with Crippen molar-refractivity contribution >= 4 is 5.91 Å². The van der Waals surface area contributed by atoms with Crippen LogP contribution in [-0.2, 0) is 12.7 Å². The van der Waals surface area contributed by atoms with Crippen LogP contribution < -0.4 is 10.1 Å². The minimum atomic E-state index is -4.95. The van der Waals surface area contributed by atoms with Gasteiger partial charge in [0.05, 0.1) is 5.69 Å². The van der Waals surface area contributed by atoms with Gasteiger partial charge in [-0.2, -0.15) is 13.2 Å². The van der Waals surface area contributed by atoms with E-state index in [0.29, 0.717) is 16.0 Å². The van der Waals surface area contributed by atoms with Gasteiger partial charge in [0, 0.05) is 18.8 Å². The van der Waals surface area contributed by atoms with E-state index < -0.39 is 35.1 Å². The summed E-state index contributed by atoms with van der Waals surface area (Å²) >= 11 is 0. The Balaban J connectivity index is 1.46. The minimum absolute atomic E-state index is 0.110. The lowest BCUT2D eigenvalue weighted by Gasteiger charge is -2.11. The second kappa shape index (κ2) is 9.25. The Labute approximate surface area is 188 Å². The lowest BCUT2D eigenvalue weighted by Crippen LogP contribution is -2.27. The molecule has 2 aromatic heterocycles. The normalized spacial score (nSPS) is 11.3. The number of aromatic nitrogens is 4. The molecule has 0 unspecified atom stereocenters. The number of hydrogen-bond donors (Lipinski definition) is 1. The molecule has 0 spiro atoms. The molecule has 4 rings (SSSR count). The van der Waals surface area contributed by atoms with Crippen LogP contribution in [0.5, 0.6) is 11.6 Å². The maximum absolute atomic E-state index is 13.7. The summed E-state index contributed by atoms with van der Waals surface area (Å²) in [5.41, 5.74) is -1.96. The quantitative estimate of drug-likeness (QED) is 0.410. The van der Waals surface area contributed by atoms with Gasteiger partial charge in [-0.1, -0.05) is 11.3 Å². The molecule has 0 bridgehead atoms. The number of halogens is 5. The first-order valence-electron chi connectivity index (χ1n) is 9.66. The Hall–Kier alpha value is -4.35.